The maximum atomic E-state index is 8.66. The van der Waals surface area contributed by atoms with Gasteiger partial charge in [0.05, 0.1) is 0 Å². The first-order valence-electron chi connectivity index (χ1n) is 4.75. The smallest absolute Gasteiger partial charge is 0.228 e. The summed E-state index contributed by atoms with van der Waals surface area (Å²) in [6.07, 6.45) is 1.99. The third-order valence-corrected chi connectivity index (χ3v) is 1.92. The van der Waals surface area contributed by atoms with Crippen molar-refractivity contribution in [2.75, 3.05) is 11.9 Å². The van der Waals surface area contributed by atoms with Crippen molar-refractivity contribution in [1.29, 1.82) is 5.26 Å². The fraction of sp³-hybridized carbons (Fsp3) is 0.200. The van der Waals surface area contributed by atoms with Gasteiger partial charge in [0.15, 0.2) is 6.33 Å². The van der Waals surface area contributed by atoms with E-state index in [0.29, 0.717) is 30.4 Å². The lowest BCUT2D eigenvalue weighted by Crippen LogP contribution is -2.06. The highest BCUT2D eigenvalue weighted by Crippen LogP contribution is 2.04. The van der Waals surface area contributed by atoms with E-state index in [-0.39, 0.29) is 0 Å². The van der Waals surface area contributed by atoms with Crippen molar-refractivity contribution in [3.05, 3.63) is 36.1 Å². The second-order valence-electron chi connectivity index (χ2n) is 3.03. The molecule has 0 fully saturated rings. The molecule has 1 N–H and O–H groups in total. The van der Waals surface area contributed by atoms with Gasteiger partial charge < -0.3 is 9.84 Å². The normalized spacial score (nSPS) is 9.69. The Bertz CT molecular complexity index is 488. The third kappa shape index (κ3) is 2.54. The minimum Gasteiger partial charge on any atom is -0.370 e. The zero-order valence-electron chi connectivity index (χ0n) is 8.42. The predicted octanol–water partition coefficient (Wildman–Crippen LogP) is 0.991. The fourth-order valence-corrected chi connectivity index (χ4v) is 1.20. The first-order chi connectivity index (χ1) is 7.88. The molecule has 0 unspecified atom stereocenters. The number of pyridine rings is 1. The van der Waals surface area contributed by atoms with E-state index in [1.807, 2.05) is 6.07 Å². The maximum Gasteiger partial charge on any atom is 0.228 e. The van der Waals surface area contributed by atoms with Gasteiger partial charge in [0.1, 0.15) is 17.6 Å². The Kier molecular flexibility index (Phi) is 3.09. The van der Waals surface area contributed by atoms with Crippen molar-refractivity contribution in [3.63, 3.8) is 0 Å². The van der Waals surface area contributed by atoms with Crippen molar-refractivity contribution < 1.29 is 4.52 Å². The van der Waals surface area contributed by atoms with E-state index >= 15 is 0 Å². The van der Waals surface area contributed by atoms with Crippen LogP contribution in [0.4, 0.5) is 5.82 Å². The van der Waals surface area contributed by atoms with Gasteiger partial charge in [-0.05, 0) is 12.1 Å². The van der Waals surface area contributed by atoms with Gasteiger partial charge in [-0.25, -0.2) is 4.98 Å². The molecule has 6 heteroatoms. The molecule has 0 aliphatic rings. The average Bonchev–Trinajstić information content (AvgIpc) is 2.82. The van der Waals surface area contributed by atoms with E-state index < -0.39 is 0 Å². The second kappa shape index (κ2) is 4.89. The number of hydrogen-bond donors (Lipinski definition) is 1. The Labute approximate surface area is 91.9 Å². The summed E-state index contributed by atoms with van der Waals surface area (Å²) in [5.41, 5.74) is 0.391. The number of nitriles is 1. The Morgan fingerprint density at radius 2 is 2.38 bits per heavy atom. The monoisotopic (exact) mass is 215 g/mol. The average molecular weight is 215 g/mol. The van der Waals surface area contributed by atoms with E-state index in [2.05, 4.69) is 20.4 Å². The summed E-state index contributed by atoms with van der Waals surface area (Å²) in [7, 11) is 0. The molecule has 0 saturated carbocycles. The van der Waals surface area contributed by atoms with Gasteiger partial charge in [-0.2, -0.15) is 10.2 Å². The SMILES string of the molecule is N#Cc1cccc(NCCc2ncno2)n1. The number of aromatic nitrogens is 3. The Balaban J connectivity index is 1.88. The number of anilines is 1. The molecule has 0 radical (unpaired) electrons. The molecule has 2 aromatic rings. The minimum atomic E-state index is 0.391. The van der Waals surface area contributed by atoms with Crippen molar-refractivity contribution >= 4 is 5.82 Å². The van der Waals surface area contributed by atoms with Crippen LogP contribution in [0.25, 0.3) is 0 Å². The zero-order valence-corrected chi connectivity index (χ0v) is 8.42. The molecule has 80 valence electrons. The van der Waals surface area contributed by atoms with Gasteiger partial charge in [-0.3, -0.25) is 0 Å². The van der Waals surface area contributed by atoms with Crippen molar-refractivity contribution in [1.82, 2.24) is 15.1 Å². The maximum absolute atomic E-state index is 8.66. The van der Waals surface area contributed by atoms with Gasteiger partial charge in [0, 0.05) is 13.0 Å². The molecule has 2 rings (SSSR count). The summed E-state index contributed by atoms with van der Waals surface area (Å²) >= 11 is 0. The van der Waals surface area contributed by atoms with E-state index in [9.17, 15) is 0 Å². The standard InChI is InChI=1S/C10H9N5O/c11-6-8-2-1-3-9(15-8)12-5-4-10-13-7-14-16-10/h1-3,7H,4-5H2,(H,12,15). The summed E-state index contributed by atoms with van der Waals surface area (Å²) in [5, 5.41) is 15.2. The van der Waals surface area contributed by atoms with E-state index in [4.69, 9.17) is 9.78 Å². The van der Waals surface area contributed by atoms with Gasteiger partial charge in [-0.1, -0.05) is 11.2 Å². The summed E-state index contributed by atoms with van der Waals surface area (Å²) < 4.78 is 4.84. The largest absolute Gasteiger partial charge is 0.370 e. The van der Waals surface area contributed by atoms with Crippen molar-refractivity contribution in [2.45, 2.75) is 6.42 Å². The number of nitrogens with one attached hydrogen (secondary N) is 1. The van der Waals surface area contributed by atoms with Gasteiger partial charge >= 0.3 is 0 Å². The lowest BCUT2D eigenvalue weighted by Gasteiger charge is -2.02. The first-order valence-corrected chi connectivity index (χ1v) is 4.75. The molecule has 0 aliphatic carbocycles. The van der Waals surface area contributed by atoms with Crippen LogP contribution in [0.2, 0.25) is 0 Å². The van der Waals surface area contributed by atoms with Crippen LogP contribution >= 0.6 is 0 Å². The highest BCUT2D eigenvalue weighted by atomic mass is 16.5. The molecular weight excluding hydrogens is 206 g/mol. The second-order valence-corrected chi connectivity index (χ2v) is 3.03. The van der Waals surface area contributed by atoms with E-state index in [1.54, 1.807) is 18.2 Å². The third-order valence-electron chi connectivity index (χ3n) is 1.92. The summed E-state index contributed by atoms with van der Waals surface area (Å²) in [4.78, 5) is 7.96. The molecule has 16 heavy (non-hydrogen) atoms. The molecule has 0 aromatic carbocycles. The summed E-state index contributed by atoms with van der Waals surface area (Å²) in [6, 6.07) is 7.21. The van der Waals surface area contributed by atoms with Crippen LogP contribution in [0, 0.1) is 11.3 Å². The van der Waals surface area contributed by atoms with Crippen LogP contribution in [-0.4, -0.2) is 21.7 Å². The van der Waals surface area contributed by atoms with Crippen molar-refractivity contribution in [2.24, 2.45) is 0 Å². The van der Waals surface area contributed by atoms with Crippen LogP contribution in [0.1, 0.15) is 11.6 Å². The van der Waals surface area contributed by atoms with Crippen LogP contribution in [-0.2, 0) is 6.42 Å². The molecule has 0 bridgehead atoms. The van der Waals surface area contributed by atoms with Gasteiger partial charge in [-0.15, -0.1) is 0 Å². The highest BCUT2D eigenvalue weighted by Gasteiger charge is 1.99. The quantitative estimate of drug-likeness (QED) is 0.818. The van der Waals surface area contributed by atoms with Crippen LogP contribution < -0.4 is 5.32 Å². The Hall–Kier alpha value is -2.42. The predicted molar refractivity (Wildman–Crippen MR) is 55.4 cm³/mol. The Morgan fingerprint density at radius 1 is 1.44 bits per heavy atom. The van der Waals surface area contributed by atoms with E-state index in [0.717, 1.165) is 0 Å². The summed E-state index contributed by atoms with van der Waals surface area (Å²) in [5.74, 6) is 1.24. The molecule has 6 nitrogen and oxygen atoms in total. The van der Waals surface area contributed by atoms with E-state index in [1.165, 1.54) is 6.33 Å². The molecular formula is C10H9N5O. The molecule has 0 saturated heterocycles. The molecule has 2 aromatic heterocycles. The minimum absolute atomic E-state index is 0.391. The number of rotatable bonds is 4. The molecule has 0 aliphatic heterocycles. The molecule has 0 spiro atoms. The molecule has 0 atom stereocenters. The van der Waals surface area contributed by atoms with Crippen molar-refractivity contribution in [3.8, 4) is 6.07 Å². The van der Waals surface area contributed by atoms with Gasteiger partial charge in [0.2, 0.25) is 5.89 Å². The van der Waals surface area contributed by atoms with Crippen LogP contribution in [0.3, 0.4) is 0 Å². The number of hydrogen-bond acceptors (Lipinski definition) is 6. The zero-order chi connectivity index (χ0) is 11.2. The van der Waals surface area contributed by atoms with Gasteiger partial charge in [0.25, 0.3) is 0 Å². The topological polar surface area (TPSA) is 87.6 Å². The molecule has 0 amide bonds. The Morgan fingerprint density at radius 3 is 3.12 bits per heavy atom. The molecule has 2 heterocycles. The summed E-state index contributed by atoms with van der Waals surface area (Å²) in [6.45, 7) is 0.629. The fourth-order valence-electron chi connectivity index (χ4n) is 1.20. The van der Waals surface area contributed by atoms with Crippen LogP contribution in [0.5, 0.6) is 0 Å². The lowest BCUT2D eigenvalue weighted by atomic mass is 10.3. The first kappa shape index (κ1) is 10.1. The highest BCUT2D eigenvalue weighted by molar-refractivity contribution is 5.38. The number of nitrogens with zero attached hydrogens (tertiary/aromatic N) is 4. The van der Waals surface area contributed by atoms with Crippen LogP contribution in [0.15, 0.2) is 29.0 Å². The lowest BCUT2D eigenvalue weighted by molar-refractivity contribution is 0.379.